The van der Waals surface area contributed by atoms with E-state index >= 15 is 0 Å². The Hall–Kier alpha value is -4.05. The van der Waals surface area contributed by atoms with Crippen LogP contribution in [0.2, 0.25) is 0 Å². The number of imidazole rings is 1. The maximum Gasteiger partial charge on any atom is 0.251 e. The van der Waals surface area contributed by atoms with Crippen LogP contribution in [0.3, 0.4) is 0 Å². The fraction of sp³-hybridized carbons (Fsp3) is 0.415. The molecule has 1 unspecified atom stereocenters. The molecular weight excluding hydrogens is 645 g/mol. The van der Waals surface area contributed by atoms with Crippen LogP contribution in [0, 0.1) is 0 Å². The van der Waals surface area contributed by atoms with Crippen LogP contribution in [-0.4, -0.2) is 52.9 Å². The molecule has 4 aromatic rings. The second-order valence-electron chi connectivity index (χ2n) is 12.8. The Labute approximate surface area is 301 Å². The average Bonchev–Trinajstić information content (AvgIpc) is 3.59. The highest BCUT2D eigenvalue weighted by molar-refractivity contribution is 7.90. The van der Waals surface area contributed by atoms with E-state index in [-0.39, 0.29) is 5.91 Å². The first-order valence-corrected chi connectivity index (χ1v) is 19.5. The maximum absolute atomic E-state index is 13.8. The number of hydrogen-bond donors (Lipinski definition) is 1. The number of aromatic nitrogens is 2. The smallest absolute Gasteiger partial charge is 0.251 e. The number of rotatable bonds is 17. The van der Waals surface area contributed by atoms with Crippen LogP contribution >= 0.6 is 0 Å². The Bertz CT molecular complexity index is 1670. The third-order valence-corrected chi connectivity index (χ3v) is 10.2. The zero-order chi connectivity index (χ0) is 35.1. The van der Waals surface area contributed by atoms with Crippen molar-refractivity contribution in [2.75, 3.05) is 43.1 Å². The number of carbonyl (C=O) groups excluding carboxylic acids is 1. The summed E-state index contributed by atoms with van der Waals surface area (Å²) in [7, 11) is 0. The van der Waals surface area contributed by atoms with E-state index in [2.05, 4.69) is 76.9 Å². The predicted molar refractivity (Wildman–Crippen MR) is 205 cm³/mol. The van der Waals surface area contributed by atoms with Gasteiger partial charge in [-0.1, -0.05) is 45.4 Å². The molecule has 1 aliphatic rings. The summed E-state index contributed by atoms with van der Waals surface area (Å²) in [5.74, 6) is 1.12. The van der Waals surface area contributed by atoms with Crippen LogP contribution in [0.5, 0.6) is 5.75 Å². The second kappa shape index (κ2) is 19.4. The van der Waals surface area contributed by atoms with E-state index in [4.69, 9.17) is 9.47 Å². The molecule has 0 saturated heterocycles. The van der Waals surface area contributed by atoms with E-state index in [0.717, 1.165) is 109 Å². The fourth-order valence-electron chi connectivity index (χ4n) is 6.16. The molecule has 1 amide bonds. The van der Waals surface area contributed by atoms with E-state index in [9.17, 15) is 9.35 Å². The number of carbonyl (C=O) groups is 1. The molecule has 0 fully saturated rings. The third-order valence-electron chi connectivity index (χ3n) is 8.85. The highest BCUT2D eigenvalue weighted by Gasteiger charge is 2.19. The molecule has 266 valence electrons. The molecule has 5 rings (SSSR count). The summed E-state index contributed by atoms with van der Waals surface area (Å²) >= 11 is -1.21. The molecule has 50 heavy (non-hydrogen) atoms. The largest absolute Gasteiger partial charge is 0.611 e. The van der Waals surface area contributed by atoms with Gasteiger partial charge in [-0.3, -0.25) is 4.79 Å². The number of unbranched alkanes of at least 4 members (excludes halogenated alkanes) is 1. The topological polar surface area (TPSA) is 91.7 Å². The van der Waals surface area contributed by atoms with Gasteiger partial charge in [0.2, 0.25) is 0 Å². The Morgan fingerprint density at radius 1 is 0.900 bits per heavy atom. The minimum atomic E-state index is -1.21. The standard InChI is InChI=1S/C41H52N4O4S/c1-4-7-24-48-25-26-49-38-16-11-32(12-17-38)33-13-20-40-35(27-33)28-34(10-8-9-23-44(40)21-5-2)41(46)43-36-14-18-39(19-15-36)50(47)30-37-29-42-31-45(37)22-6-3/h11-20,27-29,31H,4-10,21-26,30H2,1-3H3,(H,43,46)/b34-28-. The summed E-state index contributed by atoms with van der Waals surface area (Å²) < 4.78 is 26.7. The van der Waals surface area contributed by atoms with Gasteiger partial charge >= 0.3 is 0 Å². The first kappa shape index (κ1) is 37.2. The predicted octanol–water partition coefficient (Wildman–Crippen LogP) is 8.89. The van der Waals surface area contributed by atoms with Gasteiger partial charge in [-0.2, -0.15) is 0 Å². The van der Waals surface area contributed by atoms with E-state index in [1.54, 1.807) is 12.5 Å². The third kappa shape index (κ3) is 10.5. The van der Waals surface area contributed by atoms with Crippen molar-refractivity contribution in [3.63, 3.8) is 0 Å². The number of fused-ring (bicyclic) bond motifs is 1. The minimum absolute atomic E-state index is 0.109. The quantitative estimate of drug-likeness (QED) is 0.0876. The van der Waals surface area contributed by atoms with Gasteiger partial charge in [-0.25, -0.2) is 4.98 Å². The summed E-state index contributed by atoms with van der Waals surface area (Å²) in [6, 6.07) is 22.1. The molecule has 8 nitrogen and oxygen atoms in total. The molecule has 0 aliphatic carbocycles. The van der Waals surface area contributed by atoms with Gasteiger partial charge in [-0.05, 0) is 121 Å². The summed E-state index contributed by atoms with van der Waals surface area (Å²) in [5, 5.41) is 3.11. The summed E-state index contributed by atoms with van der Waals surface area (Å²) in [6.45, 7) is 11.1. The number of aryl methyl sites for hydroxylation is 1. The molecule has 9 heteroatoms. The zero-order valence-corrected chi connectivity index (χ0v) is 30.7. The lowest BCUT2D eigenvalue weighted by Gasteiger charge is -2.26. The van der Waals surface area contributed by atoms with Crippen LogP contribution in [0.4, 0.5) is 11.4 Å². The molecule has 2 heterocycles. The number of amides is 1. The van der Waals surface area contributed by atoms with Crippen molar-refractivity contribution >= 4 is 34.5 Å². The van der Waals surface area contributed by atoms with Crippen molar-refractivity contribution in [1.82, 2.24) is 9.55 Å². The molecule has 0 saturated carbocycles. The Morgan fingerprint density at radius 3 is 2.44 bits per heavy atom. The van der Waals surface area contributed by atoms with Crippen molar-refractivity contribution in [3.05, 3.63) is 96.1 Å². The Morgan fingerprint density at radius 2 is 1.68 bits per heavy atom. The SMILES string of the molecule is CCCCOCCOc1ccc(-c2ccc3c(c2)/C=C(\C(=O)Nc2ccc([S+]([O-])Cc4cncn4CCC)cc2)CCCCN3CCC)cc1. The lowest BCUT2D eigenvalue weighted by molar-refractivity contribution is -0.112. The Kier molecular flexibility index (Phi) is 14.4. The number of ether oxygens (including phenoxy) is 2. The summed E-state index contributed by atoms with van der Waals surface area (Å²) in [6.07, 6.45) is 12.5. The van der Waals surface area contributed by atoms with E-state index in [1.165, 1.54) is 0 Å². The monoisotopic (exact) mass is 696 g/mol. The van der Waals surface area contributed by atoms with Crippen molar-refractivity contribution in [2.45, 2.75) is 82.9 Å². The molecule has 1 aliphatic heterocycles. The second-order valence-corrected chi connectivity index (χ2v) is 14.2. The van der Waals surface area contributed by atoms with Gasteiger partial charge in [-0.15, -0.1) is 0 Å². The average molecular weight is 697 g/mol. The maximum atomic E-state index is 13.8. The minimum Gasteiger partial charge on any atom is -0.611 e. The Balaban J connectivity index is 1.30. The summed E-state index contributed by atoms with van der Waals surface area (Å²) in [4.78, 5) is 21.2. The zero-order valence-electron chi connectivity index (χ0n) is 29.9. The molecule has 1 N–H and O–H groups in total. The van der Waals surface area contributed by atoms with Crippen LogP contribution < -0.4 is 15.0 Å². The van der Waals surface area contributed by atoms with E-state index in [1.807, 2.05) is 36.4 Å². The molecule has 0 bridgehead atoms. The van der Waals surface area contributed by atoms with E-state index in [0.29, 0.717) is 31.1 Å². The summed E-state index contributed by atoms with van der Waals surface area (Å²) in [5.41, 5.74) is 6.77. The first-order valence-electron chi connectivity index (χ1n) is 18.2. The first-order chi connectivity index (χ1) is 24.5. The van der Waals surface area contributed by atoms with Crippen molar-refractivity contribution in [1.29, 1.82) is 0 Å². The van der Waals surface area contributed by atoms with Crippen LogP contribution in [0.1, 0.15) is 77.0 Å². The fourth-order valence-corrected chi connectivity index (χ4v) is 7.27. The molecule has 3 aromatic carbocycles. The van der Waals surface area contributed by atoms with Crippen LogP contribution in [0.25, 0.3) is 17.2 Å². The van der Waals surface area contributed by atoms with Gasteiger partial charge in [0.15, 0.2) is 10.6 Å². The lowest BCUT2D eigenvalue weighted by atomic mass is 9.98. The van der Waals surface area contributed by atoms with Gasteiger partial charge in [0.25, 0.3) is 5.91 Å². The highest BCUT2D eigenvalue weighted by Crippen LogP contribution is 2.33. The van der Waals surface area contributed by atoms with Crippen molar-refractivity contribution < 1.29 is 18.8 Å². The number of nitrogens with zero attached hydrogens (tertiary/aromatic N) is 3. The number of nitrogens with one attached hydrogen (secondary N) is 1. The van der Waals surface area contributed by atoms with E-state index < -0.39 is 11.2 Å². The number of hydrogen-bond acceptors (Lipinski definition) is 6. The van der Waals surface area contributed by atoms with Gasteiger partial charge < -0.3 is 28.8 Å². The van der Waals surface area contributed by atoms with Crippen LogP contribution in [0.15, 0.2) is 89.7 Å². The van der Waals surface area contributed by atoms with Crippen LogP contribution in [-0.2, 0) is 33.0 Å². The van der Waals surface area contributed by atoms with Gasteiger partial charge in [0.1, 0.15) is 12.4 Å². The van der Waals surface area contributed by atoms with Crippen molar-refractivity contribution in [2.24, 2.45) is 0 Å². The molecule has 1 aromatic heterocycles. The molecule has 1 atom stereocenters. The van der Waals surface area contributed by atoms with Gasteiger partial charge in [0.05, 0.1) is 24.8 Å². The number of anilines is 2. The number of benzene rings is 3. The lowest BCUT2D eigenvalue weighted by Crippen LogP contribution is -2.25. The normalized spacial score (nSPS) is 14.9. The molecule has 0 spiro atoms. The molecule has 0 radical (unpaired) electrons. The highest BCUT2D eigenvalue weighted by atomic mass is 32.2. The molecular formula is C41H52N4O4S. The van der Waals surface area contributed by atoms with Gasteiger partial charge in [0, 0.05) is 43.2 Å². The van der Waals surface area contributed by atoms with Crippen molar-refractivity contribution in [3.8, 4) is 16.9 Å².